The molecular weight excluding hydrogens is 370 g/mol. The number of piperazine rings is 2. The zero-order valence-corrected chi connectivity index (χ0v) is 15.4. The van der Waals surface area contributed by atoms with Crippen LogP contribution in [0.4, 0.5) is 4.79 Å². The topological polar surface area (TPSA) is 90.7 Å². The second kappa shape index (κ2) is 7.58. The minimum absolute atomic E-state index is 0.0138. The lowest BCUT2D eigenvalue weighted by molar-refractivity contribution is -0.131. The van der Waals surface area contributed by atoms with Gasteiger partial charge in [0, 0.05) is 49.4 Å². The molecule has 2 fully saturated rings. The summed E-state index contributed by atoms with van der Waals surface area (Å²) in [5.74, 6) is 0.535. The van der Waals surface area contributed by atoms with Crippen LogP contribution in [0.25, 0.3) is 11.3 Å². The predicted molar refractivity (Wildman–Crippen MR) is 99.1 cm³/mol. The Bertz CT molecular complexity index is 855. The zero-order chi connectivity index (χ0) is 18.8. The van der Waals surface area contributed by atoms with Gasteiger partial charge in [-0.05, 0) is 12.1 Å². The Morgan fingerprint density at radius 2 is 2.22 bits per heavy atom. The number of fused-ring (bicyclic) bond motifs is 1. The summed E-state index contributed by atoms with van der Waals surface area (Å²) in [5.41, 5.74) is 1.51. The third-order valence-electron chi connectivity index (χ3n) is 4.87. The standard InChI is InChI=1S/C18H20ClN5O3/c19-13-3-1-2-12(8-13)15-9-14(27-22-15)10-21-18(26)24-7-6-23-5-4-20-17(25)16(23)11-24/h1-3,8-9,16H,4-7,10-11H2,(H,20,25)(H,21,26)/t16-/m0/s1. The first kappa shape index (κ1) is 17.8. The molecule has 1 aromatic carbocycles. The van der Waals surface area contributed by atoms with Gasteiger partial charge in [0.1, 0.15) is 11.7 Å². The highest BCUT2D eigenvalue weighted by Gasteiger charge is 2.36. The average molecular weight is 390 g/mol. The molecule has 0 radical (unpaired) electrons. The number of hydrogen-bond acceptors (Lipinski definition) is 5. The van der Waals surface area contributed by atoms with Crippen LogP contribution in [-0.4, -0.2) is 65.7 Å². The van der Waals surface area contributed by atoms with Gasteiger partial charge in [0.15, 0.2) is 5.76 Å². The van der Waals surface area contributed by atoms with Gasteiger partial charge in [-0.15, -0.1) is 0 Å². The molecule has 2 aromatic rings. The maximum absolute atomic E-state index is 12.5. The van der Waals surface area contributed by atoms with E-state index in [1.165, 1.54) is 0 Å². The lowest BCUT2D eigenvalue weighted by atomic mass is 10.1. The molecule has 8 nitrogen and oxygen atoms in total. The molecule has 0 spiro atoms. The largest absolute Gasteiger partial charge is 0.359 e. The van der Waals surface area contributed by atoms with Gasteiger partial charge in [-0.25, -0.2) is 4.79 Å². The Balaban J connectivity index is 1.34. The minimum atomic E-state index is -0.266. The molecule has 2 N–H and O–H groups in total. The molecule has 4 rings (SSSR count). The summed E-state index contributed by atoms with van der Waals surface area (Å²) in [6.07, 6.45) is 0. The SMILES string of the molecule is O=C1NCCN2CCN(C(=O)NCc3cc(-c4cccc(Cl)c4)no3)C[C@@H]12. The van der Waals surface area contributed by atoms with Crippen LogP contribution in [0.5, 0.6) is 0 Å². The summed E-state index contributed by atoms with van der Waals surface area (Å²) < 4.78 is 5.30. The van der Waals surface area contributed by atoms with Crippen LogP contribution < -0.4 is 10.6 Å². The van der Waals surface area contributed by atoms with Crippen molar-refractivity contribution in [2.75, 3.05) is 32.7 Å². The molecule has 0 aliphatic carbocycles. The Morgan fingerprint density at radius 3 is 3.07 bits per heavy atom. The van der Waals surface area contributed by atoms with E-state index in [-0.39, 0.29) is 24.5 Å². The minimum Gasteiger partial charge on any atom is -0.359 e. The molecule has 0 bridgehead atoms. The van der Waals surface area contributed by atoms with Crippen LogP contribution in [0.15, 0.2) is 34.9 Å². The zero-order valence-electron chi connectivity index (χ0n) is 14.7. The van der Waals surface area contributed by atoms with Crippen LogP contribution in [0.1, 0.15) is 5.76 Å². The third-order valence-corrected chi connectivity index (χ3v) is 5.11. The van der Waals surface area contributed by atoms with Crippen molar-refractivity contribution in [3.05, 3.63) is 41.1 Å². The van der Waals surface area contributed by atoms with Gasteiger partial charge < -0.3 is 20.1 Å². The van der Waals surface area contributed by atoms with Gasteiger partial charge in [0.2, 0.25) is 5.91 Å². The second-order valence-electron chi connectivity index (χ2n) is 6.64. The molecule has 1 atom stereocenters. The van der Waals surface area contributed by atoms with Gasteiger partial charge in [0.05, 0.1) is 6.54 Å². The van der Waals surface area contributed by atoms with E-state index in [2.05, 4.69) is 20.7 Å². The van der Waals surface area contributed by atoms with Crippen LogP contribution in [-0.2, 0) is 11.3 Å². The van der Waals surface area contributed by atoms with Crippen molar-refractivity contribution in [3.8, 4) is 11.3 Å². The number of amides is 3. The highest BCUT2D eigenvalue weighted by atomic mass is 35.5. The summed E-state index contributed by atoms with van der Waals surface area (Å²) >= 11 is 6.00. The summed E-state index contributed by atoms with van der Waals surface area (Å²) in [6.45, 7) is 3.41. The molecular formula is C18H20ClN5O3. The monoisotopic (exact) mass is 389 g/mol. The van der Waals surface area contributed by atoms with E-state index in [4.69, 9.17) is 16.1 Å². The highest BCUT2D eigenvalue weighted by Crippen LogP contribution is 2.22. The van der Waals surface area contributed by atoms with Crippen molar-refractivity contribution in [2.24, 2.45) is 0 Å². The van der Waals surface area contributed by atoms with E-state index in [0.29, 0.717) is 42.7 Å². The smallest absolute Gasteiger partial charge is 0.317 e. The fraction of sp³-hybridized carbons (Fsp3) is 0.389. The fourth-order valence-corrected chi connectivity index (χ4v) is 3.61. The van der Waals surface area contributed by atoms with Crippen LogP contribution >= 0.6 is 11.6 Å². The molecule has 27 heavy (non-hydrogen) atoms. The lowest BCUT2D eigenvalue weighted by Gasteiger charge is -2.42. The first-order valence-electron chi connectivity index (χ1n) is 8.86. The number of halogens is 1. The normalized spacial score (nSPS) is 20.1. The number of nitrogens with one attached hydrogen (secondary N) is 2. The summed E-state index contributed by atoms with van der Waals surface area (Å²) in [6, 6.07) is 8.62. The molecule has 3 amide bonds. The number of nitrogens with zero attached hydrogens (tertiary/aromatic N) is 3. The molecule has 0 unspecified atom stereocenters. The van der Waals surface area contributed by atoms with Gasteiger partial charge in [-0.3, -0.25) is 9.69 Å². The van der Waals surface area contributed by atoms with E-state index in [1.54, 1.807) is 23.1 Å². The molecule has 0 saturated carbocycles. The molecule has 2 aliphatic heterocycles. The Kier molecular flexibility index (Phi) is 5.00. The van der Waals surface area contributed by atoms with Crippen molar-refractivity contribution >= 4 is 23.5 Å². The Morgan fingerprint density at radius 1 is 1.33 bits per heavy atom. The van der Waals surface area contributed by atoms with E-state index in [9.17, 15) is 9.59 Å². The molecule has 142 valence electrons. The van der Waals surface area contributed by atoms with E-state index in [1.807, 2.05) is 12.1 Å². The molecule has 2 saturated heterocycles. The number of urea groups is 1. The maximum Gasteiger partial charge on any atom is 0.317 e. The van der Waals surface area contributed by atoms with Crippen LogP contribution in [0.2, 0.25) is 5.02 Å². The van der Waals surface area contributed by atoms with Crippen molar-refractivity contribution in [3.63, 3.8) is 0 Å². The first-order valence-corrected chi connectivity index (χ1v) is 9.24. The van der Waals surface area contributed by atoms with Gasteiger partial charge in [-0.2, -0.15) is 0 Å². The van der Waals surface area contributed by atoms with Crippen molar-refractivity contribution < 1.29 is 14.1 Å². The van der Waals surface area contributed by atoms with E-state index in [0.717, 1.165) is 12.1 Å². The third kappa shape index (κ3) is 3.91. The quantitative estimate of drug-likeness (QED) is 0.826. The van der Waals surface area contributed by atoms with Crippen molar-refractivity contribution in [1.82, 2.24) is 25.6 Å². The number of benzene rings is 1. The first-order chi connectivity index (χ1) is 13.1. The number of carbonyl (C=O) groups is 2. The Labute approximate surface area is 161 Å². The summed E-state index contributed by atoms with van der Waals surface area (Å²) in [4.78, 5) is 28.2. The molecule has 9 heteroatoms. The van der Waals surface area contributed by atoms with Crippen LogP contribution in [0.3, 0.4) is 0 Å². The van der Waals surface area contributed by atoms with Gasteiger partial charge in [0.25, 0.3) is 0 Å². The number of aromatic nitrogens is 1. The molecule has 2 aliphatic rings. The van der Waals surface area contributed by atoms with Crippen molar-refractivity contribution in [2.45, 2.75) is 12.6 Å². The van der Waals surface area contributed by atoms with E-state index < -0.39 is 0 Å². The molecule has 3 heterocycles. The number of carbonyl (C=O) groups excluding carboxylic acids is 2. The highest BCUT2D eigenvalue weighted by molar-refractivity contribution is 6.30. The molecule has 1 aromatic heterocycles. The predicted octanol–water partition coefficient (Wildman–Crippen LogP) is 1.32. The fourth-order valence-electron chi connectivity index (χ4n) is 3.42. The maximum atomic E-state index is 12.5. The van der Waals surface area contributed by atoms with E-state index >= 15 is 0 Å². The van der Waals surface area contributed by atoms with Crippen LogP contribution in [0, 0.1) is 0 Å². The van der Waals surface area contributed by atoms with Crippen molar-refractivity contribution in [1.29, 1.82) is 0 Å². The number of rotatable bonds is 3. The average Bonchev–Trinajstić information content (AvgIpc) is 3.15. The van der Waals surface area contributed by atoms with Gasteiger partial charge in [-0.1, -0.05) is 28.9 Å². The summed E-state index contributed by atoms with van der Waals surface area (Å²) in [5, 5.41) is 10.3. The lowest BCUT2D eigenvalue weighted by Crippen LogP contribution is -2.65. The van der Waals surface area contributed by atoms with Gasteiger partial charge >= 0.3 is 6.03 Å². The Hall–Kier alpha value is -2.58. The second-order valence-corrected chi connectivity index (χ2v) is 7.07. The number of hydrogen-bond donors (Lipinski definition) is 2. The summed E-state index contributed by atoms with van der Waals surface area (Å²) in [7, 11) is 0.